The minimum Gasteiger partial charge on any atom is -0.360 e. The number of aryl methyl sites for hydroxylation is 1. The third-order valence-electron chi connectivity index (χ3n) is 2.97. The van der Waals surface area contributed by atoms with Gasteiger partial charge >= 0.3 is 0 Å². The molecule has 0 bridgehead atoms. The Morgan fingerprint density at radius 3 is 2.88 bits per heavy atom. The van der Waals surface area contributed by atoms with Crippen molar-refractivity contribution < 1.29 is 0 Å². The first kappa shape index (κ1) is 10.1. The Morgan fingerprint density at radius 2 is 2.12 bits per heavy atom. The monoisotopic (exact) mass is 226 g/mol. The van der Waals surface area contributed by atoms with Gasteiger partial charge in [0.05, 0.1) is 12.2 Å². The van der Waals surface area contributed by atoms with Crippen LogP contribution in [0.4, 0.5) is 0 Å². The van der Waals surface area contributed by atoms with Crippen LogP contribution in [0.15, 0.2) is 30.5 Å². The van der Waals surface area contributed by atoms with E-state index in [0.717, 1.165) is 28.3 Å². The maximum Gasteiger partial charge on any atom is 0.120 e. The number of hydrogen-bond acceptors (Lipinski definition) is 2. The predicted molar refractivity (Wildman–Crippen MR) is 68.5 cm³/mol. The van der Waals surface area contributed by atoms with Crippen LogP contribution in [0.5, 0.6) is 0 Å². The topological polar surface area (TPSA) is 70.5 Å². The van der Waals surface area contributed by atoms with Crippen molar-refractivity contribution >= 4 is 10.9 Å². The summed E-state index contributed by atoms with van der Waals surface area (Å²) in [7, 11) is 0. The lowest BCUT2D eigenvalue weighted by Gasteiger charge is -1.95. The molecule has 0 saturated carbocycles. The summed E-state index contributed by atoms with van der Waals surface area (Å²) in [6.07, 6.45) is 1.99. The largest absolute Gasteiger partial charge is 0.360 e. The van der Waals surface area contributed by atoms with Crippen LogP contribution in [0.2, 0.25) is 0 Å². The molecule has 3 aromatic rings. The highest BCUT2D eigenvalue weighted by Crippen LogP contribution is 2.29. The number of para-hydroxylation sites is 1. The van der Waals surface area contributed by atoms with Gasteiger partial charge in [0, 0.05) is 28.4 Å². The number of aromatic amines is 2. The normalized spacial score (nSPS) is 11.2. The molecular weight excluding hydrogens is 212 g/mol. The second kappa shape index (κ2) is 3.75. The molecule has 4 heteroatoms. The van der Waals surface area contributed by atoms with E-state index in [1.54, 1.807) is 0 Å². The van der Waals surface area contributed by atoms with E-state index in [2.05, 4.69) is 27.1 Å². The fourth-order valence-corrected chi connectivity index (χ4v) is 2.15. The van der Waals surface area contributed by atoms with E-state index in [0.29, 0.717) is 6.54 Å². The van der Waals surface area contributed by atoms with E-state index in [-0.39, 0.29) is 0 Å². The van der Waals surface area contributed by atoms with Gasteiger partial charge in [-0.1, -0.05) is 18.2 Å². The molecule has 17 heavy (non-hydrogen) atoms. The van der Waals surface area contributed by atoms with Crippen molar-refractivity contribution in [3.05, 3.63) is 42.0 Å². The van der Waals surface area contributed by atoms with Gasteiger partial charge in [-0.05, 0) is 13.0 Å². The number of hydrogen-bond donors (Lipinski definition) is 3. The summed E-state index contributed by atoms with van der Waals surface area (Å²) in [4.78, 5) is 11.0. The van der Waals surface area contributed by atoms with E-state index in [1.165, 1.54) is 5.39 Å². The van der Waals surface area contributed by atoms with Gasteiger partial charge in [-0.25, -0.2) is 4.98 Å². The van der Waals surface area contributed by atoms with Crippen LogP contribution in [0.25, 0.3) is 22.2 Å². The second-order valence-electron chi connectivity index (χ2n) is 4.11. The molecule has 3 rings (SSSR count). The zero-order valence-electron chi connectivity index (χ0n) is 9.62. The van der Waals surface area contributed by atoms with Gasteiger partial charge in [0.15, 0.2) is 0 Å². The van der Waals surface area contributed by atoms with Crippen LogP contribution in [0, 0.1) is 6.92 Å². The highest BCUT2D eigenvalue weighted by molar-refractivity contribution is 5.95. The maximum absolute atomic E-state index is 5.60. The number of benzene rings is 1. The van der Waals surface area contributed by atoms with Gasteiger partial charge in [0.1, 0.15) is 5.82 Å². The van der Waals surface area contributed by atoms with Crippen LogP contribution in [-0.4, -0.2) is 15.0 Å². The molecule has 0 saturated heterocycles. The van der Waals surface area contributed by atoms with Crippen LogP contribution in [0.1, 0.15) is 11.5 Å². The Morgan fingerprint density at radius 1 is 1.29 bits per heavy atom. The molecule has 0 aliphatic rings. The van der Waals surface area contributed by atoms with Crippen molar-refractivity contribution in [1.82, 2.24) is 15.0 Å². The van der Waals surface area contributed by atoms with Gasteiger partial charge in [0.25, 0.3) is 0 Å². The molecule has 0 amide bonds. The van der Waals surface area contributed by atoms with Crippen molar-refractivity contribution in [2.75, 3.05) is 0 Å². The predicted octanol–water partition coefficient (Wildman–Crippen LogP) is 2.33. The Balaban J connectivity index is 2.23. The number of fused-ring (bicyclic) bond motifs is 1. The molecule has 2 heterocycles. The third kappa shape index (κ3) is 1.54. The fourth-order valence-electron chi connectivity index (χ4n) is 2.15. The SMILES string of the molecule is Cc1[nH]c(CN)nc1-c1c[nH]c2ccccc12. The molecule has 4 N–H and O–H groups in total. The minimum absolute atomic E-state index is 0.434. The molecule has 86 valence electrons. The van der Waals surface area contributed by atoms with Crippen LogP contribution in [0.3, 0.4) is 0 Å². The highest BCUT2D eigenvalue weighted by Gasteiger charge is 2.12. The number of aromatic nitrogens is 3. The quantitative estimate of drug-likeness (QED) is 0.627. The molecule has 2 aromatic heterocycles. The number of nitrogens with zero attached hydrogens (tertiary/aromatic N) is 1. The Labute approximate surface area is 98.9 Å². The standard InChI is InChI=1S/C13H14N4/c1-8-13(17-12(6-14)16-8)10-7-15-11-5-3-2-4-9(10)11/h2-5,7,15H,6,14H2,1H3,(H,16,17). The molecular formula is C13H14N4. The number of rotatable bonds is 2. The Bertz CT molecular complexity index is 663. The van der Waals surface area contributed by atoms with Gasteiger partial charge < -0.3 is 15.7 Å². The first-order chi connectivity index (χ1) is 8.29. The van der Waals surface area contributed by atoms with Crippen molar-refractivity contribution in [2.45, 2.75) is 13.5 Å². The maximum atomic E-state index is 5.60. The van der Waals surface area contributed by atoms with Crippen LogP contribution >= 0.6 is 0 Å². The Kier molecular flexibility index (Phi) is 2.23. The molecule has 0 spiro atoms. The van der Waals surface area contributed by atoms with Crippen LogP contribution in [-0.2, 0) is 6.54 Å². The first-order valence-electron chi connectivity index (χ1n) is 5.61. The van der Waals surface area contributed by atoms with E-state index < -0.39 is 0 Å². The molecule has 0 aliphatic carbocycles. The number of H-pyrrole nitrogens is 2. The van der Waals surface area contributed by atoms with Gasteiger partial charge in [-0.3, -0.25) is 0 Å². The van der Waals surface area contributed by atoms with E-state index in [1.807, 2.05) is 25.3 Å². The smallest absolute Gasteiger partial charge is 0.120 e. The summed E-state index contributed by atoms with van der Waals surface area (Å²) < 4.78 is 0. The minimum atomic E-state index is 0.434. The summed E-state index contributed by atoms with van der Waals surface area (Å²) in [6.45, 7) is 2.45. The van der Waals surface area contributed by atoms with Crippen molar-refractivity contribution in [3.8, 4) is 11.3 Å². The number of nitrogens with one attached hydrogen (secondary N) is 2. The molecule has 1 aromatic carbocycles. The lowest BCUT2D eigenvalue weighted by Crippen LogP contribution is -1.97. The molecule has 0 fully saturated rings. The first-order valence-corrected chi connectivity index (χ1v) is 5.61. The zero-order valence-corrected chi connectivity index (χ0v) is 9.62. The zero-order chi connectivity index (χ0) is 11.8. The fraction of sp³-hybridized carbons (Fsp3) is 0.154. The van der Waals surface area contributed by atoms with E-state index in [4.69, 9.17) is 5.73 Å². The van der Waals surface area contributed by atoms with Gasteiger partial charge in [0.2, 0.25) is 0 Å². The van der Waals surface area contributed by atoms with E-state index >= 15 is 0 Å². The summed E-state index contributed by atoms with van der Waals surface area (Å²) in [5.41, 5.74) is 9.87. The molecule has 4 nitrogen and oxygen atoms in total. The molecule has 0 radical (unpaired) electrons. The average Bonchev–Trinajstić information content (AvgIpc) is 2.92. The summed E-state index contributed by atoms with van der Waals surface area (Å²) in [5.74, 6) is 0.822. The van der Waals surface area contributed by atoms with Gasteiger partial charge in [-0.2, -0.15) is 0 Å². The summed E-state index contributed by atoms with van der Waals surface area (Å²) in [5, 5.41) is 1.19. The third-order valence-corrected chi connectivity index (χ3v) is 2.97. The average molecular weight is 226 g/mol. The summed E-state index contributed by atoms with van der Waals surface area (Å²) >= 11 is 0. The van der Waals surface area contributed by atoms with Crippen molar-refractivity contribution in [3.63, 3.8) is 0 Å². The number of imidazole rings is 1. The molecule has 0 atom stereocenters. The van der Waals surface area contributed by atoms with Crippen LogP contribution < -0.4 is 5.73 Å². The lowest BCUT2D eigenvalue weighted by atomic mass is 10.1. The van der Waals surface area contributed by atoms with Gasteiger partial charge in [-0.15, -0.1) is 0 Å². The molecule has 0 aliphatic heterocycles. The lowest BCUT2D eigenvalue weighted by molar-refractivity contribution is 0.944. The highest BCUT2D eigenvalue weighted by atomic mass is 15.0. The summed E-state index contributed by atoms with van der Waals surface area (Å²) in [6, 6.07) is 8.21. The number of nitrogens with two attached hydrogens (primary N) is 1. The van der Waals surface area contributed by atoms with Crippen molar-refractivity contribution in [2.24, 2.45) is 5.73 Å². The second-order valence-corrected chi connectivity index (χ2v) is 4.11. The van der Waals surface area contributed by atoms with Crippen molar-refractivity contribution in [1.29, 1.82) is 0 Å². The Hall–Kier alpha value is -2.07. The molecule has 0 unspecified atom stereocenters. The van der Waals surface area contributed by atoms with E-state index in [9.17, 15) is 0 Å².